The summed E-state index contributed by atoms with van der Waals surface area (Å²) < 4.78 is 32.4. The Morgan fingerprint density at radius 1 is 0.967 bits per heavy atom. The van der Waals surface area contributed by atoms with Crippen molar-refractivity contribution in [2.45, 2.75) is 9.79 Å². The summed E-state index contributed by atoms with van der Waals surface area (Å²) >= 11 is 6.15. The third kappa shape index (κ3) is 3.56. The van der Waals surface area contributed by atoms with Crippen LogP contribution in [-0.4, -0.2) is 26.3 Å². The molecule has 0 saturated heterocycles. The third-order valence-corrected chi connectivity index (χ3v) is 6.80. The number of aromatic nitrogens is 1. The highest BCUT2D eigenvalue weighted by molar-refractivity contribution is 7.91. The largest absolute Gasteiger partial charge is 0.497 e. The molecule has 0 aliphatic heterocycles. The first-order valence-corrected chi connectivity index (χ1v) is 10.8. The van der Waals surface area contributed by atoms with E-state index in [4.69, 9.17) is 16.3 Å². The minimum Gasteiger partial charge on any atom is -0.497 e. The molecule has 0 amide bonds. The van der Waals surface area contributed by atoms with E-state index in [1.54, 1.807) is 54.6 Å². The Morgan fingerprint density at radius 2 is 1.67 bits per heavy atom. The number of ether oxygens (including phenoxy) is 1. The van der Waals surface area contributed by atoms with E-state index in [9.17, 15) is 13.2 Å². The number of hydrogen-bond acceptors (Lipinski definition) is 5. The van der Waals surface area contributed by atoms with E-state index in [1.165, 1.54) is 31.5 Å². The molecule has 7 heteroatoms. The fourth-order valence-electron chi connectivity index (χ4n) is 3.21. The number of methoxy groups -OCH3 is 1. The zero-order valence-corrected chi connectivity index (χ0v) is 17.4. The highest BCUT2D eigenvalue weighted by Gasteiger charge is 2.28. The summed E-state index contributed by atoms with van der Waals surface area (Å²) in [6.07, 6.45) is 1.31. The lowest BCUT2D eigenvalue weighted by molar-refractivity contribution is 0.103. The van der Waals surface area contributed by atoms with Gasteiger partial charge in [0.15, 0.2) is 5.78 Å². The minimum atomic E-state index is -4.07. The maximum absolute atomic E-state index is 13.7. The van der Waals surface area contributed by atoms with E-state index in [1.807, 2.05) is 0 Å². The summed E-state index contributed by atoms with van der Waals surface area (Å²) in [5.41, 5.74) is 0.787. The summed E-state index contributed by atoms with van der Waals surface area (Å²) in [4.78, 5) is 17.4. The molecule has 0 atom stereocenters. The number of benzene rings is 3. The zero-order valence-electron chi connectivity index (χ0n) is 15.9. The lowest BCUT2D eigenvalue weighted by Gasteiger charge is -2.14. The number of nitrogens with zero attached hydrogens (tertiary/aromatic N) is 1. The van der Waals surface area contributed by atoms with Crippen LogP contribution in [0, 0.1) is 0 Å². The summed E-state index contributed by atoms with van der Waals surface area (Å²) in [5, 5.41) is 0.639. The first-order chi connectivity index (χ1) is 14.4. The second kappa shape index (κ2) is 7.89. The summed E-state index contributed by atoms with van der Waals surface area (Å²) in [6.45, 7) is 0. The van der Waals surface area contributed by atoms with Crippen LogP contribution in [0.4, 0.5) is 0 Å². The van der Waals surface area contributed by atoms with Crippen molar-refractivity contribution < 1.29 is 17.9 Å². The second-order valence-electron chi connectivity index (χ2n) is 6.54. The number of pyridine rings is 1. The molecule has 0 fully saturated rings. The molecule has 0 aliphatic rings. The molecule has 0 aliphatic carbocycles. The minimum absolute atomic E-state index is 0.00761. The van der Waals surface area contributed by atoms with E-state index < -0.39 is 15.6 Å². The van der Waals surface area contributed by atoms with Crippen molar-refractivity contribution in [3.63, 3.8) is 0 Å². The van der Waals surface area contributed by atoms with Gasteiger partial charge in [0, 0.05) is 22.2 Å². The average molecular weight is 438 g/mol. The quantitative estimate of drug-likeness (QED) is 0.412. The van der Waals surface area contributed by atoms with Crippen molar-refractivity contribution >= 4 is 38.1 Å². The number of rotatable bonds is 5. The fourth-order valence-corrected chi connectivity index (χ4v) is 5.00. The molecule has 3 aromatic carbocycles. The molecule has 30 heavy (non-hydrogen) atoms. The van der Waals surface area contributed by atoms with Crippen LogP contribution >= 0.6 is 11.6 Å². The van der Waals surface area contributed by atoms with Crippen LogP contribution in [0.25, 0.3) is 10.9 Å². The topological polar surface area (TPSA) is 73.3 Å². The van der Waals surface area contributed by atoms with Gasteiger partial charge in [-0.2, -0.15) is 0 Å². The van der Waals surface area contributed by atoms with E-state index in [2.05, 4.69) is 4.98 Å². The molecule has 150 valence electrons. The van der Waals surface area contributed by atoms with Crippen molar-refractivity contribution in [2.75, 3.05) is 7.11 Å². The van der Waals surface area contributed by atoms with Gasteiger partial charge in [-0.15, -0.1) is 0 Å². The molecule has 4 aromatic rings. The van der Waals surface area contributed by atoms with Gasteiger partial charge in [-0.1, -0.05) is 41.9 Å². The van der Waals surface area contributed by atoms with E-state index >= 15 is 0 Å². The molecule has 5 nitrogen and oxygen atoms in total. The van der Waals surface area contributed by atoms with Gasteiger partial charge in [-0.25, -0.2) is 8.42 Å². The van der Waals surface area contributed by atoms with Crippen LogP contribution in [0.3, 0.4) is 0 Å². The monoisotopic (exact) mass is 437 g/mol. The molecule has 1 aromatic heterocycles. The molecular weight excluding hydrogens is 422 g/mol. The van der Waals surface area contributed by atoms with Gasteiger partial charge in [0.1, 0.15) is 5.75 Å². The smallest absolute Gasteiger partial charge is 0.208 e. The second-order valence-corrected chi connectivity index (χ2v) is 8.86. The molecule has 0 bridgehead atoms. The van der Waals surface area contributed by atoms with Gasteiger partial charge < -0.3 is 4.74 Å². The number of ketones is 1. The molecule has 1 heterocycles. The lowest BCUT2D eigenvalue weighted by atomic mass is 10.0. The molecule has 0 spiro atoms. The number of carbonyl (C=O) groups excluding carboxylic acids is 1. The van der Waals surface area contributed by atoms with Crippen LogP contribution in [0.15, 0.2) is 88.8 Å². The Kier molecular flexibility index (Phi) is 5.28. The van der Waals surface area contributed by atoms with E-state index in [0.717, 1.165) is 0 Å². The third-order valence-electron chi connectivity index (χ3n) is 4.70. The Bertz CT molecular complexity index is 1350. The average Bonchev–Trinajstić information content (AvgIpc) is 2.78. The lowest BCUT2D eigenvalue weighted by Crippen LogP contribution is -2.12. The van der Waals surface area contributed by atoms with Gasteiger partial charge >= 0.3 is 0 Å². The van der Waals surface area contributed by atoms with Crippen molar-refractivity contribution in [1.82, 2.24) is 4.98 Å². The zero-order chi connectivity index (χ0) is 21.3. The first kappa shape index (κ1) is 20.1. The van der Waals surface area contributed by atoms with Crippen molar-refractivity contribution in [3.05, 3.63) is 95.1 Å². The Labute approximate surface area is 178 Å². The van der Waals surface area contributed by atoms with Gasteiger partial charge in [0.25, 0.3) is 0 Å². The van der Waals surface area contributed by atoms with Gasteiger partial charge in [-0.05, 0) is 42.5 Å². The van der Waals surface area contributed by atoms with Gasteiger partial charge in [0.2, 0.25) is 9.84 Å². The van der Waals surface area contributed by atoms with Crippen LogP contribution in [-0.2, 0) is 9.84 Å². The molecular formula is C23H16ClNO4S. The van der Waals surface area contributed by atoms with Gasteiger partial charge in [-0.3, -0.25) is 9.78 Å². The maximum Gasteiger partial charge on any atom is 0.208 e. The van der Waals surface area contributed by atoms with Crippen LogP contribution < -0.4 is 4.74 Å². The van der Waals surface area contributed by atoms with Gasteiger partial charge in [0.05, 0.1) is 28.0 Å². The number of halogens is 1. The highest BCUT2D eigenvalue weighted by atomic mass is 35.5. The SMILES string of the molecule is COc1ccc(S(=O)(=O)c2c(C(=O)c3ccccc3)cnc3ccc(Cl)cc23)cc1. The van der Waals surface area contributed by atoms with Crippen molar-refractivity contribution in [3.8, 4) is 5.75 Å². The Morgan fingerprint density at radius 3 is 2.33 bits per heavy atom. The standard InChI is InChI=1S/C23H16ClNO4S/c1-29-17-8-10-18(11-9-17)30(27,28)23-19-13-16(24)7-12-21(19)25-14-20(23)22(26)15-5-3-2-4-6-15/h2-14H,1H3. The molecule has 0 saturated carbocycles. The first-order valence-electron chi connectivity index (χ1n) is 8.99. The number of fused-ring (bicyclic) bond motifs is 1. The molecule has 0 N–H and O–H groups in total. The number of hydrogen-bond donors (Lipinski definition) is 0. The van der Waals surface area contributed by atoms with Crippen LogP contribution in [0.5, 0.6) is 5.75 Å². The summed E-state index contributed by atoms with van der Waals surface area (Å²) in [7, 11) is -2.57. The predicted molar refractivity (Wildman–Crippen MR) is 115 cm³/mol. The predicted octanol–water partition coefficient (Wildman–Crippen LogP) is 4.96. The number of carbonyl (C=O) groups is 1. The van der Waals surface area contributed by atoms with Crippen LogP contribution in [0.2, 0.25) is 5.02 Å². The summed E-state index contributed by atoms with van der Waals surface area (Å²) in [5.74, 6) is 0.0919. The highest BCUT2D eigenvalue weighted by Crippen LogP contribution is 2.33. The summed E-state index contributed by atoms with van der Waals surface area (Å²) in [6, 6.07) is 19.3. The Hall–Kier alpha value is -3.22. The van der Waals surface area contributed by atoms with Crippen LogP contribution in [0.1, 0.15) is 15.9 Å². The Balaban J connectivity index is 2.02. The maximum atomic E-state index is 13.7. The van der Waals surface area contributed by atoms with E-state index in [-0.39, 0.29) is 15.4 Å². The fraction of sp³-hybridized carbons (Fsp3) is 0.0435. The van der Waals surface area contributed by atoms with Crippen molar-refractivity contribution in [2.24, 2.45) is 0 Å². The normalized spacial score (nSPS) is 11.4. The molecule has 4 rings (SSSR count). The van der Waals surface area contributed by atoms with Crippen molar-refractivity contribution in [1.29, 1.82) is 0 Å². The molecule has 0 radical (unpaired) electrons. The number of sulfone groups is 1. The molecule has 0 unspecified atom stereocenters. The van der Waals surface area contributed by atoms with E-state index in [0.29, 0.717) is 27.2 Å².